The second kappa shape index (κ2) is 5.73. The predicted octanol–water partition coefficient (Wildman–Crippen LogP) is 4.11. The zero-order valence-electron chi connectivity index (χ0n) is 8.06. The zero-order chi connectivity index (χ0) is 11.4. The first-order chi connectivity index (χ1) is 7.06. The first kappa shape index (κ1) is 12.8. The van der Waals surface area contributed by atoms with Crippen molar-refractivity contribution in [2.45, 2.75) is 18.2 Å². The van der Waals surface area contributed by atoms with Crippen molar-refractivity contribution in [2.24, 2.45) is 0 Å². The summed E-state index contributed by atoms with van der Waals surface area (Å²) in [7, 11) is 0. The maximum absolute atomic E-state index is 11.5. The number of hydrogen-bond donors (Lipinski definition) is 1. The van der Waals surface area contributed by atoms with E-state index in [1.165, 1.54) is 0 Å². The summed E-state index contributed by atoms with van der Waals surface area (Å²) in [5.41, 5.74) is 0.534. The van der Waals surface area contributed by atoms with Gasteiger partial charge in [-0.3, -0.25) is 4.79 Å². The molecule has 0 aliphatic rings. The molecule has 82 valence electrons. The number of alkyl halides is 1. The minimum absolute atomic E-state index is 0.123. The monoisotopic (exact) mass is 309 g/mol. The highest BCUT2D eigenvalue weighted by atomic mass is 79.9. The van der Waals surface area contributed by atoms with Gasteiger partial charge in [-0.2, -0.15) is 0 Å². The van der Waals surface area contributed by atoms with Crippen molar-refractivity contribution >= 4 is 50.7 Å². The molecular weight excluding hydrogens is 301 g/mol. The highest BCUT2D eigenvalue weighted by Crippen LogP contribution is 2.29. The predicted molar refractivity (Wildman–Crippen MR) is 68.1 cm³/mol. The Morgan fingerprint density at radius 2 is 2.20 bits per heavy atom. The molecule has 0 aliphatic carbocycles. The average Bonchev–Trinajstić information content (AvgIpc) is 2.23. The molecule has 0 saturated heterocycles. The van der Waals surface area contributed by atoms with Crippen LogP contribution in [0.25, 0.3) is 0 Å². The Bertz CT molecular complexity index is 370. The molecule has 1 aromatic rings. The first-order valence-electron chi connectivity index (χ1n) is 4.45. The molecule has 1 amide bonds. The van der Waals surface area contributed by atoms with Crippen LogP contribution in [0, 0.1) is 0 Å². The summed E-state index contributed by atoms with van der Waals surface area (Å²) in [6.45, 7) is 1.92. The number of anilines is 1. The minimum Gasteiger partial charge on any atom is -0.324 e. The summed E-state index contributed by atoms with van der Waals surface area (Å²) in [4.78, 5) is 11.3. The van der Waals surface area contributed by atoms with E-state index < -0.39 is 0 Å². The molecule has 0 spiro atoms. The van der Waals surface area contributed by atoms with Crippen LogP contribution in [0.5, 0.6) is 0 Å². The summed E-state index contributed by atoms with van der Waals surface area (Å²) in [6, 6.07) is 5.12. The molecule has 0 saturated carbocycles. The number of carbonyl (C=O) groups is 1. The standard InChI is InChI=1S/C10H10BrCl2NO/c1-2-6(11)10(15)14-8-5-3-4-7(12)9(8)13/h3-6H,2H2,1H3,(H,14,15). The van der Waals surface area contributed by atoms with Gasteiger partial charge in [-0.05, 0) is 18.6 Å². The Kier molecular flexibility index (Phi) is 4.90. The Morgan fingerprint density at radius 1 is 1.53 bits per heavy atom. The van der Waals surface area contributed by atoms with E-state index in [0.717, 1.165) is 0 Å². The van der Waals surface area contributed by atoms with E-state index >= 15 is 0 Å². The summed E-state index contributed by atoms with van der Waals surface area (Å²) in [6.07, 6.45) is 0.712. The van der Waals surface area contributed by atoms with Gasteiger partial charge in [-0.1, -0.05) is 52.1 Å². The molecule has 0 aromatic heterocycles. The lowest BCUT2D eigenvalue weighted by molar-refractivity contribution is -0.115. The van der Waals surface area contributed by atoms with Gasteiger partial charge in [0, 0.05) is 0 Å². The van der Waals surface area contributed by atoms with Crippen molar-refractivity contribution in [1.29, 1.82) is 0 Å². The van der Waals surface area contributed by atoms with Crippen molar-refractivity contribution in [3.05, 3.63) is 28.2 Å². The Labute approximate surface area is 107 Å². The summed E-state index contributed by atoms with van der Waals surface area (Å²) in [5, 5.41) is 3.49. The molecule has 15 heavy (non-hydrogen) atoms. The second-order valence-electron chi connectivity index (χ2n) is 2.97. The van der Waals surface area contributed by atoms with Crippen LogP contribution < -0.4 is 5.32 Å². The van der Waals surface area contributed by atoms with Gasteiger partial charge in [0.25, 0.3) is 0 Å². The fraction of sp³-hybridized carbons (Fsp3) is 0.300. The molecule has 0 aliphatic heterocycles. The number of nitrogens with one attached hydrogen (secondary N) is 1. The van der Waals surface area contributed by atoms with Crippen LogP contribution in [0.3, 0.4) is 0 Å². The lowest BCUT2D eigenvalue weighted by Gasteiger charge is -2.10. The number of carbonyl (C=O) groups excluding carboxylic acids is 1. The highest BCUT2D eigenvalue weighted by molar-refractivity contribution is 9.10. The van der Waals surface area contributed by atoms with E-state index in [-0.39, 0.29) is 10.7 Å². The van der Waals surface area contributed by atoms with E-state index in [2.05, 4.69) is 21.2 Å². The van der Waals surface area contributed by atoms with Crippen LogP contribution in [0.1, 0.15) is 13.3 Å². The zero-order valence-corrected chi connectivity index (χ0v) is 11.2. The largest absolute Gasteiger partial charge is 0.324 e. The fourth-order valence-electron chi connectivity index (χ4n) is 0.997. The first-order valence-corrected chi connectivity index (χ1v) is 6.12. The topological polar surface area (TPSA) is 29.1 Å². The van der Waals surface area contributed by atoms with Crippen LogP contribution in [-0.2, 0) is 4.79 Å². The van der Waals surface area contributed by atoms with Gasteiger partial charge >= 0.3 is 0 Å². The Hall–Kier alpha value is -0.250. The van der Waals surface area contributed by atoms with Crippen molar-refractivity contribution in [3.8, 4) is 0 Å². The van der Waals surface area contributed by atoms with Gasteiger partial charge in [-0.25, -0.2) is 0 Å². The second-order valence-corrected chi connectivity index (χ2v) is 4.86. The molecule has 0 radical (unpaired) electrons. The number of hydrogen-bond acceptors (Lipinski definition) is 1. The van der Waals surface area contributed by atoms with Crippen molar-refractivity contribution in [3.63, 3.8) is 0 Å². The molecule has 0 fully saturated rings. The van der Waals surface area contributed by atoms with Gasteiger partial charge in [-0.15, -0.1) is 0 Å². The van der Waals surface area contributed by atoms with Gasteiger partial charge < -0.3 is 5.32 Å². The maximum Gasteiger partial charge on any atom is 0.238 e. The van der Waals surface area contributed by atoms with E-state index in [1.807, 2.05) is 6.92 Å². The van der Waals surface area contributed by atoms with E-state index in [9.17, 15) is 4.79 Å². The Morgan fingerprint density at radius 3 is 2.80 bits per heavy atom. The molecular formula is C10H10BrCl2NO. The highest BCUT2D eigenvalue weighted by Gasteiger charge is 2.14. The third-order valence-electron chi connectivity index (χ3n) is 1.85. The van der Waals surface area contributed by atoms with Crippen LogP contribution in [-0.4, -0.2) is 10.7 Å². The van der Waals surface area contributed by atoms with E-state index in [4.69, 9.17) is 23.2 Å². The van der Waals surface area contributed by atoms with Crippen molar-refractivity contribution in [1.82, 2.24) is 0 Å². The Balaban J connectivity index is 2.81. The quantitative estimate of drug-likeness (QED) is 0.837. The van der Waals surface area contributed by atoms with E-state index in [0.29, 0.717) is 22.2 Å². The lowest BCUT2D eigenvalue weighted by Crippen LogP contribution is -2.22. The van der Waals surface area contributed by atoms with Gasteiger partial charge in [0.05, 0.1) is 20.6 Å². The van der Waals surface area contributed by atoms with Gasteiger partial charge in [0.15, 0.2) is 0 Å². The number of rotatable bonds is 3. The third kappa shape index (κ3) is 3.37. The molecule has 1 N–H and O–H groups in total. The molecule has 1 aromatic carbocycles. The molecule has 2 nitrogen and oxygen atoms in total. The van der Waals surface area contributed by atoms with Crippen molar-refractivity contribution in [2.75, 3.05) is 5.32 Å². The number of benzene rings is 1. The smallest absolute Gasteiger partial charge is 0.238 e. The van der Waals surface area contributed by atoms with Crippen molar-refractivity contribution < 1.29 is 4.79 Å². The third-order valence-corrected chi connectivity index (χ3v) is 3.73. The molecule has 1 rings (SSSR count). The van der Waals surface area contributed by atoms with Crippen LogP contribution in [0.2, 0.25) is 10.0 Å². The SMILES string of the molecule is CCC(Br)C(=O)Nc1cccc(Cl)c1Cl. The molecule has 0 heterocycles. The maximum atomic E-state index is 11.5. The lowest BCUT2D eigenvalue weighted by atomic mass is 10.3. The minimum atomic E-state index is -0.215. The van der Waals surface area contributed by atoms with Crippen LogP contribution in [0.4, 0.5) is 5.69 Å². The normalized spacial score (nSPS) is 12.3. The number of amides is 1. The molecule has 1 atom stereocenters. The van der Waals surface area contributed by atoms with Gasteiger partial charge in [0.1, 0.15) is 0 Å². The van der Waals surface area contributed by atoms with Crippen LogP contribution in [0.15, 0.2) is 18.2 Å². The number of halogens is 3. The molecule has 5 heteroatoms. The summed E-state index contributed by atoms with van der Waals surface area (Å²) in [5.74, 6) is -0.123. The molecule has 0 bridgehead atoms. The fourth-order valence-corrected chi connectivity index (χ4v) is 1.46. The van der Waals surface area contributed by atoms with Crippen LogP contribution >= 0.6 is 39.1 Å². The average molecular weight is 311 g/mol. The van der Waals surface area contributed by atoms with E-state index in [1.54, 1.807) is 18.2 Å². The summed E-state index contributed by atoms with van der Waals surface area (Å²) < 4.78 is 0. The van der Waals surface area contributed by atoms with Gasteiger partial charge in [0.2, 0.25) is 5.91 Å². The summed E-state index contributed by atoms with van der Waals surface area (Å²) >= 11 is 15.0. The molecule has 1 unspecified atom stereocenters.